The zero-order chi connectivity index (χ0) is 14.1. The average Bonchev–Trinajstić information content (AvgIpc) is 2.49. The number of carbonyl (C=O) groups is 1. The lowest BCUT2D eigenvalue weighted by atomic mass is 9.95. The number of fused-ring (bicyclic) bond motifs is 1. The van der Waals surface area contributed by atoms with Gasteiger partial charge in [0.2, 0.25) is 0 Å². The van der Waals surface area contributed by atoms with E-state index in [9.17, 15) is 4.79 Å². The number of nitrogens with zero attached hydrogens (tertiary/aromatic N) is 1. The standard InChI is InChI=1S/C18H15NO/c1-12-5-3-7-16(13(12)2)18(20)15-9-8-14-6-4-10-19-17(14)11-15/h3-11H,1-2H3. The molecule has 1 aromatic heterocycles. The summed E-state index contributed by atoms with van der Waals surface area (Å²) in [5, 5.41) is 1.05. The minimum Gasteiger partial charge on any atom is -0.289 e. The Hall–Kier alpha value is -2.48. The minimum absolute atomic E-state index is 0.0544. The number of rotatable bonds is 2. The normalized spacial score (nSPS) is 10.7. The van der Waals surface area contributed by atoms with Gasteiger partial charge in [-0.2, -0.15) is 0 Å². The molecule has 98 valence electrons. The van der Waals surface area contributed by atoms with Crippen LogP contribution in [0.4, 0.5) is 0 Å². The summed E-state index contributed by atoms with van der Waals surface area (Å²) in [7, 11) is 0. The Labute approximate surface area is 118 Å². The van der Waals surface area contributed by atoms with Crippen molar-refractivity contribution < 1.29 is 4.79 Å². The number of aromatic nitrogens is 1. The van der Waals surface area contributed by atoms with E-state index >= 15 is 0 Å². The fraction of sp³-hybridized carbons (Fsp3) is 0.111. The molecule has 0 amide bonds. The maximum atomic E-state index is 12.6. The van der Waals surface area contributed by atoms with E-state index in [-0.39, 0.29) is 5.78 Å². The van der Waals surface area contributed by atoms with Crippen LogP contribution in [0.3, 0.4) is 0 Å². The largest absolute Gasteiger partial charge is 0.289 e. The van der Waals surface area contributed by atoms with Gasteiger partial charge in [0, 0.05) is 22.7 Å². The Morgan fingerprint density at radius 1 is 1.00 bits per heavy atom. The summed E-state index contributed by atoms with van der Waals surface area (Å²) in [5.41, 5.74) is 4.47. The van der Waals surface area contributed by atoms with Crippen LogP contribution in [0.1, 0.15) is 27.0 Å². The first kappa shape index (κ1) is 12.5. The fourth-order valence-electron chi connectivity index (χ4n) is 2.36. The summed E-state index contributed by atoms with van der Waals surface area (Å²) in [6.45, 7) is 4.01. The molecule has 0 aliphatic carbocycles. The molecule has 0 bridgehead atoms. The number of ketones is 1. The van der Waals surface area contributed by atoms with Crippen LogP contribution in [-0.2, 0) is 0 Å². The van der Waals surface area contributed by atoms with Crippen molar-refractivity contribution in [1.29, 1.82) is 0 Å². The third-order valence-electron chi connectivity index (χ3n) is 3.72. The van der Waals surface area contributed by atoms with Crippen LogP contribution in [0.5, 0.6) is 0 Å². The summed E-state index contributed by atoms with van der Waals surface area (Å²) in [5.74, 6) is 0.0544. The van der Waals surface area contributed by atoms with Crippen molar-refractivity contribution in [1.82, 2.24) is 4.98 Å². The van der Waals surface area contributed by atoms with Gasteiger partial charge >= 0.3 is 0 Å². The van der Waals surface area contributed by atoms with Gasteiger partial charge in [-0.3, -0.25) is 9.78 Å². The summed E-state index contributed by atoms with van der Waals surface area (Å²) < 4.78 is 0. The van der Waals surface area contributed by atoms with E-state index in [4.69, 9.17) is 0 Å². The highest BCUT2D eigenvalue weighted by Gasteiger charge is 2.13. The smallest absolute Gasteiger partial charge is 0.193 e. The van der Waals surface area contributed by atoms with E-state index < -0.39 is 0 Å². The van der Waals surface area contributed by atoms with Gasteiger partial charge < -0.3 is 0 Å². The zero-order valence-corrected chi connectivity index (χ0v) is 11.6. The Morgan fingerprint density at radius 3 is 2.70 bits per heavy atom. The second kappa shape index (κ2) is 4.89. The van der Waals surface area contributed by atoms with E-state index in [0.29, 0.717) is 5.56 Å². The van der Waals surface area contributed by atoms with Gasteiger partial charge in [-0.15, -0.1) is 0 Å². The van der Waals surface area contributed by atoms with Crippen LogP contribution in [-0.4, -0.2) is 10.8 Å². The van der Waals surface area contributed by atoms with Gasteiger partial charge in [0.1, 0.15) is 0 Å². The van der Waals surface area contributed by atoms with Crippen LogP contribution < -0.4 is 0 Å². The van der Waals surface area contributed by atoms with Gasteiger partial charge in [0.25, 0.3) is 0 Å². The molecule has 0 spiro atoms. The monoisotopic (exact) mass is 261 g/mol. The van der Waals surface area contributed by atoms with Crippen molar-refractivity contribution in [3.05, 3.63) is 77.0 Å². The maximum Gasteiger partial charge on any atom is 0.193 e. The maximum absolute atomic E-state index is 12.6. The molecule has 0 aliphatic rings. The lowest BCUT2D eigenvalue weighted by Gasteiger charge is -2.08. The zero-order valence-electron chi connectivity index (χ0n) is 11.6. The molecule has 2 nitrogen and oxygen atoms in total. The number of hydrogen-bond donors (Lipinski definition) is 0. The molecule has 0 saturated heterocycles. The van der Waals surface area contributed by atoms with Crippen molar-refractivity contribution in [2.24, 2.45) is 0 Å². The van der Waals surface area contributed by atoms with Crippen molar-refractivity contribution in [2.45, 2.75) is 13.8 Å². The average molecular weight is 261 g/mol. The van der Waals surface area contributed by atoms with Crippen molar-refractivity contribution >= 4 is 16.7 Å². The van der Waals surface area contributed by atoms with Gasteiger partial charge in [-0.05, 0) is 37.1 Å². The first-order chi connectivity index (χ1) is 9.66. The fourth-order valence-corrected chi connectivity index (χ4v) is 2.36. The van der Waals surface area contributed by atoms with Crippen LogP contribution in [0, 0.1) is 13.8 Å². The van der Waals surface area contributed by atoms with Crippen LogP contribution >= 0.6 is 0 Å². The Bertz CT molecular complexity index is 805. The second-order valence-electron chi connectivity index (χ2n) is 4.99. The summed E-state index contributed by atoms with van der Waals surface area (Å²) >= 11 is 0. The van der Waals surface area contributed by atoms with Gasteiger partial charge in [0.15, 0.2) is 5.78 Å². The molecule has 20 heavy (non-hydrogen) atoms. The molecule has 3 rings (SSSR count). The number of hydrogen-bond acceptors (Lipinski definition) is 2. The molecule has 3 aromatic rings. The predicted octanol–water partition coefficient (Wildman–Crippen LogP) is 4.08. The van der Waals surface area contributed by atoms with Gasteiger partial charge in [-0.1, -0.05) is 36.4 Å². The summed E-state index contributed by atoms with van der Waals surface area (Å²) in [6, 6.07) is 15.4. The van der Waals surface area contributed by atoms with Crippen LogP contribution in [0.25, 0.3) is 10.9 Å². The highest BCUT2D eigenvalue weighted by Crippen LogP contribution is 2.20. The highest BCUT2D eigenvalue weighted by molar-refractivity contribution is 6.11. The Morgan fingerprint density at radius 2 is 1.85 bits per heavy atom. The number of carbonyl (C=O) groups excluding carboxylic acids is 1. The van der Waals surface area contributed by atoms with E-state index in [0.717, 1.165) is 27.6 Å². The molecule has 0 radical (unpaired) electrons. The molecule has 0 aliphatic heterocycles. The minimum atomic E-state index is 0.0544. The SMILES string of the molecule is Cc1cccc(C(=O)c2ccc3cccnc3c2)c1C. The molecule has 0 atom stereocenters. The second-order valence-corrected chi connectivity index (χ2v) is 4.99. The number of pyridine rings is 1. The molecule has 0 unspecified atom stereocenters. The molecule has 2 heteroatoms. The van der Waals surface area contributed by atoms with Crippen LogP contribution in [0.15, 0.2) is 54.7 Å². The van der Waals surface area contributed by atoms with Gasteiger partial charge in [0.05, 0.1) is 5.52 Å². The summed E-state index contributed by atoms with van der Waals surface area (Å²) in [4.78, 5) is 16.9. The van der Waals surface area contributed by atoms with E-state index in [1.54, 1.807) is 6.20 Å². The quantitative estimate of drug-likeness (QED) is 0.650. The molecule has 0 fully saturated rings. The molecule has 0 N–H and O–H groups in total. The van der Waals surface area contributed by atoms with Crippen LogP contribution in [0.2, 0.25) is 0 Å². The lowest BCUT2D eigenvalue weighted by molar-refractivity contribution is 0.103. The van der Waals surface area contributed by atoms with Crippen molar-refractivity contribution in [2.75, 3.05) is 0 Å². The first-order valence-corrected chi connectivity index (χ1v) is 6.62. The highest BCUT2D eigenvalue weighted by atomic mass is 16.1. The van der Waals surface area contributed by atoms with E-state index in [1.807, 2.05) is 62.4 Å². The number of aryl methyl sites for hydroxylation is 1. The topological polar surface area (TPSA) is 30.0 Å². The van der Waals surface area contributed by atoms with Crippen molar-refractivity contribution in [3.63, 3.8) is 0 Å². The molecular formula is C18H15NO. The number of benzene rings is 2. The van der Waals surface area contributed by atoms with E-state index in [1.165, 1.54) is 0 Å². The van der Waals surface area contributed by atoms with Gasteiger partial charge in [-0.25, -0.2) is 0 Å². The Kier molecular flexibility index (Phi) is 3.07. The molecule has 2 aromatic carbocycles. The van der Waals surface area contributed by atoms with Crippen molar-refractivity contribution in [3.8, 4) is 0 Å². The predicted molar refractivity (Wildman–Crippen MR) is 81.1 cm³/mol. The summed E-state index contributed by atoms with van der Waals surface area (Å²) in [6.07, 6.45) is 1.74. The lowest BCUT2D eigenvalue weighted by Crippen LogP contribution is -2.04. The first-order valence-electron chi connectivity index (χ1n) is 6.62. The third-order valence-corrected chi connectivity index (χ3v) is 3.72. The molecular weight excluding hydrogens is 246 g/mol. The third kappa shape index (κ3) is 2.10. The molecule has 1 heterocycles. The van der Waals surface area contributed by atoms with E-state index in [2.05, 4.69) is 4.98 Å². The Balaban J connectivity index is 2.10. The molecule has 0 saturated carbocycles.